The van der Waals surface area contributed by atoms with Gasteiger partial charge in [-0.05, 0) is 43.4 Å². The van der Waals surface area contributed by atoms with Crippen LogP contribution in [0.4, 0.5) is 0 Å². The van der Waals surface area contributed by atoms with Gasteiger partial charge in [0.15, 0.2) is 0 Å². The van der Waals surface area contributed by atoms with E-state index in [4.69, 9.17) is 11.6 Å². The number of hydrogen-bond acceptors (Lipinski definition) is 2. The molecule has 2 rings (SSSR count). The molecule has 0 bridgehead atoms. The Kier molecular flexibility index (Phi) is 4.88. The average Bonchev–Trinajstić information content (AvgIpc) is 2.82. The quantitative estimate of drug-likeness (QED) is 0.897. The second-order valence-corrected chi connectivity index (χ2v) is 6.35. The molecule has 0 heterocycles. The van der Waals surface area contributed by atoms with Gasteiger partial charge in [-0.3, -0.25) is 9.59 Å². The second-order valence-electron chi connectivity index (χ2n) is 5.91. The third-order valence-electron chi connectivity index (χ3n) is 4.18. The zero-order chi connectivity index (χ0) is 15.6. The highest BCUT2D eigenvalue weighted by Gasteiger charge is 2.41. The van der Waals surface area contributed by atoms with Gasteiger partial charge in [0.2, 0.25) is 5.91 Å². The number of rotatable bonds is 4. The van der Waals surface area contributed by atoms with E-state index in [1.807, 2.05) is 26.0 Å². The lowest BCUT2D eigenvalue weighted by atomic mass is 9.94. The monoisotopic (exact) mass is 309 g/mol. The Balaban J connectivity index is 2.03. The molecule has 4 atom stereocenters. The van der Waals surface area contributed by atoms with Crippen LogP contribution < -0.4 is 5.32 Å². The number of aliphatic carboxylic acids is 1. The zero-order valence-corrected chi connectivity index (χ0v) is 12.9. The van der Waals surface area contributed by atoms with Gasteiger partial charge in [0.1, 0.15) is 0 Å². The zero-order valence-electron chi connectivity index (χ0n) is 12.2. The lowest BCUT2D eigenvalue weighted by Crippen LogP contribution is -2.36. The number of halogens is 1. The Bertz CT molecular complexity index is 529. The molecule has 1 aromatic carbocycles. The lowest BCUT2D eigenvalue weighted by Gasteiger charge is -2.20. The van der Waals surface area contributed by atoms with Crippen molar-refractivity contribution in [3.8, 4) is 0 Å². The van der Waals surface area contributed by atoms with E-state index in [1.54, 1.807) is 12.1 Å². The summed E-state index contributed by atoms with van der Waals surface area (Å²) in [5.41, 5.74) is 0.950. The number of carboxylic acid groups (broad SMARTS) is 1. The Morgan fingerprint density at radius 2 is 1.81 bits per heavy atom. The number of carboxylic acids is 1. The highest BCUT2D eigenvalue weighted by Crippen LogP contribution is 2.36. The maximum Gasteiger partial charge on any atom is 0.307 e. The fraction of sp³-hybridized carbons (Fsp3) is 0.500. The van der Waals surface area contributed by atoms with E-state index in [1.165, 1.54) is 0 Å². The van der Waals surface area contributed by atoms with E-state index in [9.17, 15) is 14.7 Å². The van der Waals surface area contributed by atoms with Gasteiger partial charge in [-0.25, -0.2) is 0 Å². The SMILES string of the molecule is CC1CC(C(=O)O)C(C(=O)N[C@@H](C)c2ccc(Cl)cc2)C1. The molecule has 114 valence electrons. The Morgan fingerprint density at radius 1 is 1.24 bits per heavy atom. The minimum Gasteiger partial charge on any atom is -0.481 e. The van der Waals surface area contributed by atoms with Gasteiger partial charge in [-0.2, -0.15) is 0 Å². The van der Waals surface area contributed by atoms with Crippen LogP contribution in [0.5, 0.6) is 0 Å². The number of nitrogens with one attached hydrogen (secondary N) is 1. The molecule has 1 saturated carbocycles. The maximum absolute atomic E-state index is 12.4. The van der Waals surface area contributed by atoms with Gasteiger partial charge in [-0.15, -0.1) is 0 Å². The summed E-state index contributed by atoms with van der Waals surface area (Å²) in [6, 6.07) is 7.10. The number of benzene rings is 1. The summed E-state index contributed by atoms with van der Waals surface area (Å²) in [6.45, 7) is 3.88. The van der Waals surface area contributed by atoms with E-state index in [-0.39, 0.29) is 17.9 Å². The van der Waals surface area contributed by atoms with E-state index in [2.05, 4.69) is 5.32 Å². The number of carbonyl (C=O) groups excluding carboxylic acids is 1. The summed E-state index contributed by atoms with van der Waals surface area (Å²) in [5, 5.41) is 12.8. The molecule has 2 N–H and O–H groups in total. The predicted octanol–water partition coefficient (Wildman–Crippen LogP) is 3.26. The van der Waals surface area contributed by atoms with Crippen LogP contribution in [0.3, 0.4) is 0 Å². The van der Waals surface area contributed by atoms with E-state index in [0.717, 1.165) is 5.56 Å². The van der Waals surface area contributed by atoms with Crippen LogP contribution in [0.2, 0.25) is 5.02 Å². The maximum atomic E-state index is 12.4. The van der Waals surface area contributed by atoms with Crippen molar-refractivity contribution in [2.75, 3.05) is 0 Å². The molecule has 21 heavy (non-hydrogen) atoms. The fourth-order valence-corrected chi connectivity index (χ4v) is 3.14. The highest BCUT2D eigenvalue weighted by molar-refractivity contribution is 6.30. The molecule has 1 aromatic rings. The summed E-state index contributed by atoms with van der Waals surface area (Å²) >= 11 is 5.84. The summed E-state index contributed by atoms with van der Waals surface area (Å²) in [4.78, 5) is 23.6. The van der Waals surface area contributed by atoms with E-state index in [0.29, 0.717) is 17.9 Å². The first-order valence-corrected chi connectivity index (χ1v) is 7.55. The van der Waals surface area contributed by atoms with Crippen LogP contribution in [-0.4, -0.2) is 17.0 Å². The van der Waals surface area contributed by atoms with Gasteiger partial charge in [0.25, 0.3) is 0 Å². The minimum absolute atomic E-state index is 0.167. The molecule has 0 aromatic heterocycles. The van der Waals surface area contributed by atoms with Crippen LogP contribution in [0.25, 0.3) is 0 Å². The first kappa shape index (κ1) is 15.8. The summed E-state index contributed by atoms with van der Waals surface area (Å²) in [6.07, 6.45) is 1.21. The standard InChI is InChI=1S/C16H20ClNO3/c1-9-7-13(14(8-9)16(20)21)15(19)18-10(2)11-3-5-12(17)6-4-11/h3-6,9-10,13-14H,7-8H2,1-2H3,(H,18,19)(H,20,21)/t9?,10-,13?,14?/m0/s1. The Hall–Kier alpha value is -1.55. The van der Waals surface area contributed by atoms with E-state index < -0.39 is 17.8 Å². The van der Waals surface area contributed by atoms with Gasteiger partial charge in [0.05, 0.1) is 17.9 Å². The molecule has 0 radical (unpaired) electrons. The highest BCUT2D eigenvalue weighted by atomic mass is 35.5. The molecule has 5 heteroatoms. The summed E-state index contributed by atoms with van der Waals surface area (Å²) < 4.78 is 0. The van der Waals surface area contributed by atoms with Crippen molar-refractivity contribution in [1.82, 2.24) is 5.32 Å². The van der Waals surface area contributed by atoms with Crippen LogP contribution >= 0.6 is 11.6 Å². The molecule has 1 aliphatic rings. The lowest BCUT2D eigenvalue weighted by molar-refractivity contribution is -0.146. The second kappa shape index (κ2) is 6.48. The van der Waals surface area contributed by atoms with Crippen molar-refractivity contribution < 1.29 is 14.7 Å². The van der Waals surface area contributed by atoms with Crippen LogP contribution in [0, 0.1) is 17.8 Å². The van der Waals surface area contributed by atoms with Gasteiger partial charge < -0.3 is 10.4 Å². The Labute approximate surface area is 129 Å². The van der Waals surface area contributed by atoms with Crippen molar-refractivity contribution in [3.05, 3.63) is 34.9 Å². The largest absolute Gasteiger partial charge is 0.481 e. The molecule has 4 nitrogen and oxygen atoms in total. The number of amides is 1. The molecular weight excluding hydrogens is 290 g/mol. The molecule has 1 aliphatic carbocycles. The van der Waals surface area contributed by atoms with E-state index >= 15 is 0 Å². The van der Waals surface area contributed by atoms with Crippen molar-refractivity contribution in [2.45, 2.75) is 32.7 Å². The van der Waals surface area contributed by atoms with Crippen molar-refractivity contribution in [2.24, 2.45) is 17.8 Å². The smallest absolute Gasteiger partial charge is 0.307 e. The summed E-state index contributed by atoms with van der Waals surface area (Å²) in [7, 11) is 0. The summed E-state index contributed by atoms with van der Waals surface area (Å²) in [5.74, 6) is -1.79. The van der Waals surface area contributed by atoms with Crippen LogP contribution in [0.15, 0.2) is 24.3 Å². The number of carbonyl (C=O) groups is 2. The first-order chi connectivity index (χ1) is 9.88. The third kappa shape index (κ3) is 3.76. The fourth-order valence-electron chi connectivity index (χ4n) is 3.01. The molecular formula is C16H20ClNO3. The number of hydrogen-bond donors (Lipinski definition) is 2. The van der Waals surface area contributed by atoms with Crippen LogP contribution in [-0.2, 0) is 9.59 Å². The third-order valence-corrected chi connectivity index (χ3v) is 4.43. The topological polar surface area (TPSA) is 66.4 Å². The van der Waals surface area contributed by atoms with Gasteiger partial charge in [0, 0.05) is 5.02 Å². The Morgan fingerprint density at radius 3 is 2.38 bits per heavy atom. The van der Waals surface area contributed by atoms with Crippen LogP contribution in [0.1, 0.15) is 38.3 Å². The molecule has 0 spiro atoms. The normalized spacial score (nSPS) is 26.3. The average molecular weight is 310 g/mol. The molecule has 1 amide bonds. The molecule has 0 aliphatic heterocycles. The van der Waals surface area contributed by atoms with Crippen molar-refractivity contribution >= 4 is 23.5 Å². The van der Waals surface area contributed by atoms with Gasteiger partial charge >= 0.3 is 5.97 Å². The van der Waals surface area contributed by atoms with Gasteiger partial charge in [-0.1, -0.05) is 30.7 Å². The molecule has 1 fully saturated rings. The molecule has 0 saturated heterocycles. The molecule has 3 unspecified atom stereocenters. The predicted molar refractivity (Wildman–Crippen MR) is 81.0 cm³/mol. The minimum atomic E-state index is -0.876. The van der Waals surface area contributed by atoms with Crippen molar-refractivity contribution in [3.63, 3.8) is 0 Å². The van der Waals surface area contributed by atoms with Crippen molar-refractivity contribution in [1.29, 1.82) is 0 Å². The first-order valence-electron chi connectivity index (χ1n) is 7.17.